The predicted octanol–water partition coefficient (Wildman–Crippen LogP) is 1.74. The molecular formula is C16H30IN2-. The third-order valence-corrected chi connectivity index (χ3v) is 9.57. The van der Waals surface area contributed by atoms with Crippen LogP contribution >= 0.6 is 0 Å². The molecule has 1 N–H and O–H groups in total. The van der Waals surface area contributed by atoms with Crippen molar-refractivity contribution in [1.29, 1.82) is 5.53 Å². The second-order valence-electron chi connectivity index (χ2n) is 6.79. The van der Waals surface area contributed by atoms with Gasteiger partial charge in [-0.05, 0) is 0 Å². The van der Waals surface area contributed by atoms with E-state index in [-0.39, 0.29) is 0 Å². The summed E-state index contributed by atoms with van der Waals surface area (Å²) in [6.45, 7) is 8.04. The zero-order chi connectivity index (χ0) is 13.9. The molecule has 0 bridgehead atoms. The third kappa shape index (κ3) is 3.51. The molecule has 0 spiro atoms. The maximum atomic E-state index is 7.00. The van der Waals surface area contributed by atoms with Crippen molar-refractivity contribution in [2.45, 2.75) is 63.2 Å². The predicted molar refractivity (Wildman–Crippen MR) is 76.3 cm³/mol. The van der Waals surface area contributed by atoms with Crippen molar-refractivity contribution >= 4 is 0 Å². The molecule has 112 valence electrons. The summed E-state index contributed by atoms with van der Waals surface area (Å²) in [4.78, 5) is 0. The van der Waals surface area contributed by atoms with Gasteiger partial charge in [0.15, 0.2) is 0 Å². The number of halogens is 1. The first-order valence-electron chi connectivity index (χ1n) is 8.05. The number of nitrogens with zero attached hydrogens (tertiary/aromatic N) is 1. The van der Waals surface area contributed by atoms with Gasteiger partial charge >= 0.3 is 129 Å². The Labute approximate surface area is 129 Å². The van der Waals surface area contributed by atoms with Crippen LogP contribution in [0, 0.1) is 28.7 Å². The van der Waals surface area contributed by atoms with Crippen molar-refractivity contribution in [3.05, 3.63) is 0 Å². The Morgan fingerprint density at radius 1 is 1.47 bits per heavy atom. The van der Waals surface area contributed by atoms with Gasteiger partial charge in [-0.2, -0.15) is 0 Å². The standard InChI is InChI=1S/C16H30IN2/c1-4-6-12(2)17-11-16(8-5-10-19-18)9-7-14-13(3)15(14)16/h12-15,18H,4-11H2,1-3H3/q-1/t12?,13-,14?,15?,16?/m0/s1. The Hall–Kier alpha value is 0.330. The molecule has 5 atom stereocenters. The molecule has 3 heteroatoms. The van der Waals surface area contributed by atoms with Crippen LogP contribution in [0.3, 0.4) is 0 Å². The molecule has 0 aromatic carbocycles. The quantitative estimate of drug-likeness (QED) is 0.275. The summed E-state index contributed by atoms with van der Waals surface area (Å²) in [6, 6.07) is 0. The number of rotatable bonds is 9. The Morgan fingerprint density at radius 3 is 2.84 bits per heavy atom. The van der Waals surface area contributed by atoms with E-state index in [2.05, 4.69) is 25.9 Å². The van der Waals surface area contributed by atoms with Crippen molar-refractivity contribution in [2.24, 2.45) is 28.3 Å². The van der Waals surface area contributed by atoms with Gasteiger partial charge in [-0.15, -0.1) is 0 Å². The molecule has 2 rings (SSSR count). The van der Waals surface area contributed by atoms with Gasteiger partial charge in [0.1, 0.15) is 0 Å². The monoisotopic (exact) mass is 377 g/mol. The van der Waals surface area contributed by atoms with E-state index in [9.17, 15) is 0 Å². The molecule has 2 aliphatic carbocycles. The van der Waals surface area contributed by atoms with Crippen molar-refractivity contribution in [1.82, 2.24) is 0 Å². The van der Waals surface area contributed by atoms with Crippen molar-refractivity contribution in [3.63, 3.8) is 0 Å². The Bertz CT molecular complexity index is 307. The summed E-state index contributed by atoms with van der Waals surface area (Å²) in [5, 5.41) is 3.57. The van der Waals surface area contributed by atoms with Crippen molar-refractivity contribution in [3.8, 4) is 0 Å². The fourth-order valence-corrected chi connectivity index (χ4v) is 8.37. The second-order valence-corrected chi connectivity index (χ2v) is 10.6. The fourth-order valence-electron chi connectivity index (χ4n) is 4.41. The normalized spacial score (nSPS) is 38.2. The SMILES string of the molecule is CCCC(C)[I-]CC1(CCCN=N)CCC2C1[C@H]2C. The number of nitrogens with one attached hydrogen (secondary N) is 1. The third-order valence-electron chi connectivity index (χ3n) is 5.48. The second kappa shape index (κ2) is 6.86. The molecule has 0 aromatic rings. The van der Waals surface area contributed by atoms with Crippen LogP contribution in [-0.4, -0.2) is 14.9 Å². The molecule has 4 unspecified atom stereocenters. The molecule has 0 amide bonds. The van der Waals surface area contributed by atoms with E-state index in [0.29, 0.717) is 26.6 Å². The van der Waals surface area contributed by atoms with E-state index in [1.807, 2.05) is 0 Å². The summed E-state index contributed by atoms with van der Waals surface area (Å²) in [6.07, 6.45) is 8.30. The van der Waals surface area contributed by atoms with Gasteiger partial charge in [-0.1, -0.05) is 0 Å². The molecule has 19 heavy (non-hydrogen) atoms. The molecular weight excluding hydrogens is 347 g/mol. The first-order valence-corrected chi connectivity index (χ1v) is 10.8. The van der Waals surface area contributed by atoms with Gasteiger partial charge in [0, 0.05) is 0 Å². The fraction of sp³-hybridized carbons (Fsp3) is 1.00. The van der Waals surface area contributed by atoms with Gasteiger partial charge < -0.3 is 0 Å². The van der Waals surface area contributed by atoms with E-state index in [1.165, 1.54) is 32.1 Å². The number of hydrogen-bond donors (Lipinski definition) is 1. The molecule has 0 aromatic heterocycles. The Balaban J connectivity index is 1.89. The topological polar surface area (TPSA) is 36.2 Å². The number of hydrogen-bond acceptors (Lipinski definition) is 2. The van der Waals surface area contributed by atoms with Gasteiger partial charge in [0.25, 0.3) is 0 Å². The van der Waals surface area contributed by atoms with Crippen molar-refractivity contribution in [2.75, 3.05) is 11.0 Å². The zero-order valence-corrected chi connectivity index (χ0v) is 14.9. The van der Waals surface area contributed by atoms with Crippen LogP contribution < -0.4 is 21.2 Å². The van der Waals surface area contributed by atoms with Crippen LogP contribution in [0.4, 0.5) is 0 Å². The number of alkyl halides is 2. The van der Waals surface area contributed by atoms with E-state index in [0.717, 1.165) is 34.6 Å². The molecule has 2 aliphatic rings. The molecule has 2 nitrogen and oxygen atoms in total. The van der Waals surface area contributed by atoms with E-state index in [1.54, 1.807) is 4.43 Å². The van der Waals surface area contributed by atoms with Gasteiger partial charge in [-0.3, -0.25) is 0 Å². The van der Waals surface area contributed by atoms with Gasteiger partial charge in [0.05, 0.1) is 0 Å². The minimum atomic E-state index is 0.373. The summed E-state index contributed by atoms with van der Waals surface area (Å²) in [5.41, 5.74) is 7.68. The van der Waals surface area contributed by atoms with Crippen LogP contribution in [0.15, 0.2) is 5.11 Å². The average molecular weight is 377 g/mol. The number of fused-ring (bicyclic) bond motifs is 1. The van der Waals surface area contributed by atoms with Crippen LogP contribution in [0.5, 0.6) is 0 Å². The van der Waals surface area contributed by atoms with Crippen LogP contribution in [0.25, 0.3) is 0 Å². The summed E-state index contributed by atoms with van der Waals surface area (Å²) in [7, 11) is 0. The summed E-state index contributed by atoms with van der Waals surface area (Å²) >= 11 is 0.373. The zero-order valence-electron chi connectivity index (χ0n) is 12.8. The Kier molecular flexibility index (Phi) is 5.67. The van der Waals surface area contributed by atoms with E-state index in [4.69, 9.17) is 5.53 Å². The first-order chi connectivity index (χ1) is 9.14. The van der Waals surface area contributed by atoms with Crippen LogP contribution in [0.2, 0.25) is 0 Å². The van der Waals surface area contributed by atoms with Crippen LogP contribution in [-0.2, 0) is 0 Å². The molecule has 2 saturated carbocycles. The Morgan fingerprint density at radius 2 is 2.26 bits per heavy atom. The van der Waals surface area contributed by atoms with Crippen molar-refractivity contribution < 1.29 is 21.2 Å². The molecule has 0 saturated heterocycles. The first kappa shape index (κ1) is 15.7. The van der Waals surface area contributed by atoms with E-state index >= 15 is 0 Å². The molecule has 2 fully saturated rings. The average Bonchev–Trinajstić information content (AvgIpc) is 2.88. The van der Waals surface area contributed by atoms with Crippen LogP contribution in [0.1, 0.15) is 59.3 Å². The van der Waals surface area contributed by atoms with Gasteiger partial charge in [0.2, 0.25) is 0 Å². The summed E-state index contributed by atoms with van der Waals surface area (Å²) in [5.74, 6) is 3.12. The molecule has 0 heterocycles. The minimum absolute atomic E-state index is 0.373. The molecule has 0 aliphatic heterocycles. The molecule has 0 radical (unpaired) electrons. The van der Waals surface area contributed by atoms with E-state index < -0.39 is 0 Å². The van der Waals surface area contributed by atoms with Gasteiger partial charge in [-0.25, -0.2) is 0 Å². The maximum absolute atomic E-state index is 7.00. The summed E-state index contributed by atoms with van der Waals surface area (Å²) < 4.78 is 2.56.